The molecule has 0 unspecified atom stereocenters. The van der Waals surface area contributed by atoms with Gasteiger partial charge in [0.1, 0.15) is 6.17 Å². The third kappa shape index (κ3) is 1.69. The second kappa shape index (κ2) is 2.99. The van der Waals surface area contributed by atoms with Crippen LogP contribution >= 0.6 is 0 Å². The average molecular weight is 146 g/mol. The first-order chi connectivity index (χ1) is 4.70. The maximum atomic E-state index is 12.7. The van der Waals surface area contributed by atoms with Crippen LogP contribution in [0.15, 0.2) is 0 Å². The lowest BCUT2D eigenvalue weighted by molar-refractivity contribution is -0.138. The van der Waals surface area contributed by atoms with Gasteiger partial charge in [0.15, 0.2) is 0 Å². The molecule has 0 aromatic heterocycles. The van der Waals surface area contributed by atoms with Crippen LogP contribution in [0.25, 0.3) is 0 Å². The lowest BCUT2D eigenvalue weighted by atomic mass is 10.0. The van der Waals surface area contributed by atoms with Crippen LogP contribution < -0.4 is 0 Å². The fourth-order valence-electron chi connectivity index (χ4n) is 1.45. The number of carboxylic acid groups (broad SMARTS) is 1. The second-order valence-corrected chi connectivity index (χ2v) is 2.80. The van der Waals surface area contributed by atoms with Crippen LogP contribution in [0.5, 0.6) is 0 Å². The number of hydrogen-bond acceptors (Lipinski definition) is 1. The summed E-state index contributed by atoms with van der Waals surface area (Å²) in [6, 6.07) is 0. The van der Waals surface area contributed by atoms with Gasteiger partial charge < -0.3 is 5.11 Å². The van der Waals surface area contributed by atoms with Crippen LogP contribution in [0, 0.1) is 5.92 Å². The summed E-state index contributed by atoms with van der Waals surface area (Å²) in [6.45, 7) is 0. The summed E-state index contributed by atoms with van der Waals surface area (Å²) >= 11 is 0. The molecule has 1 rings (SSSR count). The molecule has 0 saturated heterocycles. The topological polar surface area (TPSA) is 37.3 Å². The lowest BCUT2D eigenvalue weighted by Crippen LogP contribution is -2.12. The van der Waals surface area contributed by atoms with Gasteiger partial charge in [-0.15, -0.1) is 0 Å². The van der Waals surface area contributed by atoms with Gasteiger partial charge in [-0.1, -0.05) is 6.42 Å². The quantitative estimate of drug-likeness (QED) is 0.642. The fraction of sp³-hybridized carbons (Fsp3) is 0.857. The molecule has 58 valence electrons. The van der Waals surface area contributed by atoms with Crippen molar-refractivity contribution in [1.29, 1.82) is 0 Å². The Hall–Kier alpha value is -0.600. The van der Waals surface area contributed by atoms with Crippen LogP contribution in [0.4, 0.5) is 4.39 Å². The van der Waals surface area contributed by atoms with E-state index in [0.29, 0.717) is 6.42 Å². The molecular formula is C7H11FO2. The molecule has 1 saturated carbocycles. The van der Waals surface area contributed by atoms with Crippen LogP contribution in [0.3, 0.4) is 0 Å². The van der Waals surface area contributed by atoms with Crippen molar-refractivity contribution in [3.8, 4) is 0 Å². The molecule has 0 aromatic rings. The minimum absolute atomic E-state index is 0.00116. The van der Waals surface area contributed by atoms with E-state index in [0.717, 1.165) is 12.8 Å². The largest absolute Gasteiger partial charge is 0.481 e. The van der Waals surface area contributed by atoms with Gasteiger partial charge in [0.25, 0.3) is 0 Å². The number of alkyl halides is 1. The summed E-state index contributed by atoms with van der Waals surface area (Å²) in [5, 5.41) is 8.32. The zero-order valence-electron chi connectivity index (χ0n) is 5.72. The van der Waals surface area contributed by atoms with E-state index in [-0.39, 0.29) is 12.3 Å². The van der Waals surface area contributed by atoms with Gasteiger partial charge in [-0.25, -0.2) is 4.39 Å². The highest BCUT2D eigenvalue weighted by molar-refractivity contribution is 5.67. The predicted molar refractivity (Wildman–Crippen MR) is 34.5 cm³/mol. The summed E-state index contributed by atoms with van der Waals surface area (Å²) in [6.07, 6.45) is 1.28. The van der Waals surface area contributed by atoms with E-state index in [1.807, 2.05) is 0 Å². The maximum absolute atomic E-state index is 12.7. The minimum atomic E-state index is -0.880. The summed E-state index contributed by atoms with van der Waals surface area (Å²) in [7, 11) is 0. The minimum Gasteiger partial charge on any atom is -0.481 e. The molecule has 0 heterocycles. The van der Waals surface area contributed by atoms with Crippen molar-refractivity contribution in [2.45, 2.75) is 31.9 Å². The Morgan fingerprint density at radius 2 is 2.30 bits per heavy atom. The van der Waals surface area contributed by atoms with Gasteiger partial charge in [-0.2, -0.15) is 0 Å². The first-order valence-corrected chi connectivity index (χ1v) is 3.56. The number of aliphatic carboxylic acids is 1. The van der Waals surface area contributed by atoms with Crippen molar-refractivity contribution in [3.05, 3.63) is 0 Å². The molecule has 1 N–H and O–H groups in total. The van der Waals surface area contributed by atoms with Crippen molar-refractivity contribution >= 4 is 5.97 Å². The Balaban J connectivity index is 2.33. The van der Waals surface area contributed by atoms with E-state index in [9.17, 15) is 9.18 Å². The second-order valence-electron chi connectivity index (χ2n) is 2.80. The summed E-state index contributed by atoms with van der Waals surface area (Å²) in [4.78, 5) is 10.1. The third-order valence-electron chi connectivity index (χ3n) is 2.00. The van der Waals surface area contributed by atoms with Crippen molar-refractivity contribution in [3.63, 3.8) is 0 Å². The highest BCUT2D eigenvalue weighted by Crippen LogP contribution is 2.30. The van der Waals surface area contributed by atoms with Gasteiger partial charge in [-0.05, 0) is 12.8 Å². The van der Waals surface area contributed by atoms with E-state index >= 15 is 0 Å². The van der Waals surface area contributed by atoms with Gasteiger partial charge >= 0.3 is 5.97 Å². The monoisotopic (exact) mass is 146 g/mol. The maximum Gasteiger partial charge on any atom is 0.303 e. The smallest absolute Gasteiger partial charge is 0.303 e. The number of rotatable bonds is 2. The summed E-state index contributed by atoms with van der Waals surface area (Å²) in [5.74, 6) is -1.09. The highest BCUT2D eigenvalue weighted by atomic mass is 19.1. The van der Waals surface area contributed by atoms with E-state index in [4.69, 9.17) is 5.11 Å². The molecule has 1 aliphatic carbocycles. The van der Waals surface area contributed by atoms with E-state index in [1.54, 1.807) is 0 Å². The van der Waals surface area contributed by atoms with Gasteiger partial charge in [-0.3, -0.25) is 4.79 Å². The molecule has 3 heteroatoms. The van der Waals surface area contributed by atoms with E-state index < -0.39 is 12.1 Å². The molecule has 0 bridgehead atoms. The average Bonchev–Trinajstić information content (AvgIpc) is 2.15. The first kappa shape index (κ1) is 7.51. The standard InChI is InChI=1S/C7H11FO2/c8-6-3-1-2-5(6)4-7(9)10/h5-6H,1-4H2,(H,9,10)/t5-,6+/m0/s1. The highest BCUT2D eigenvalue weighted by Gasteiger charge is 2.28. The summed E-state index contributed by atoms with van der Waals surface area (Å²) < 4.78 is 12.7. The van der Waals surface area contributed by atoms with E-state index in [1.165, 1.54) is 0 Å². The van der Waals surface area contributed by atoms with E-state index in [2.05, 4.69) is 0 Å². The van der Waals surface area contributed by atoms with Crippen molar-refractivity contribution in [2.75, 3.05) is 0 Å². The van der Waals surface area contributed by atoms with Crippen LogP contribution in [-0.4, -0.2) is 17.2 Å². The molecule has 2 nitrogen and oxygen atoms in total. The van der Waals surface area contributed by atoms with Crippen LogP contribution in [0.2, 0.25) is 0 Å². The van der Waals surface area contributed by atoms with Gasteiger partial charge in [0.2, 0.25) is 0 Å². The zero-order chi connectivity index (χ0) is 7.56. The number of hydrogen-bond donors (Lipinski definition) is 1. The van der Waals surface area contributed by atoms with Gasteiger partial charge in [0, 0.05) is 5.92 Å². The fourth-order valence-corrected chi connectivity index (χ4v) is 1.45. The predicted octanol–water partition coefficient (Wildman–Crippen LogP) is 1.60. The summed E-state index contributed by atoms with van der Waals surface area (Å²) in [5.41, 5.74) is 0. The van der Waals surface area contributed by atoms with Crippen molar-refractivity contribution < 1.29 is 14.3 Å². The Morgan fingerprint density at radius 1 is 1.60 bits per heavy atom. The Kier molecular flexibility index (Phi) is 2.25. The molecule has 0 aliphatic heterocycles. The van der Waals surface area contributed by atoms with Crippen molar-refractivity contribution in [1.82, 2.24) is 0 Å². The molecule has 10 heavy (non-hydrogen) atoms. The number of halogens is 1. The molecule has 1 aliphatic rings. The zero-order valence-corrected chi connectivity index (χ0v) is 5.72. The van der Waals surface area contributed by atoms with Crippen LogP contribution in [0.1, 0.15) is 25.7 Å². The third-order valence-corrected chi connectivity index (χ3v) is 2.00. The molecule has 1 fully saturated rings. The lowest BCUT2D eigenvalue weighted by Gasteiger charge is -2.07. The number of carboxylic acids is 1. The normalized spacial score (nSPS) is 32.5. The molecule has 0 radical (unpaired) electrons. The Bertz CT molecular complexity index is 136. The Morgan fingerprint density at radius 3 is 2.70 bits per heavy atom. The number of carbonyl (C=O) groups is 1. The molecule has 0 amide bonds. The molecular weight excluding hydrogens is 135 g/mol. The van der Waals surface area contributed by atoms with Crippen LogP contribution in [-0.2, 0) is 4.79 Å². The van der Waals surface area contributed by atoms with Gasteiger partial charge in [0.05, 0.1) is 6.42 Å². The molecule has 2 atom stereocenters. The molecule has 0 aromatic carbocycles. The van der Waals surface area contributed by atoms with Crippen molar-refractivity contribution in [2.24, 2.45) is 5.92 Å². The first-order valence-electron chi connectivity index (χ1n) is 3.56. The SMILES string of the molecule is O=C(O)C[C@@H]1CCC[C@H]1F. The Labute approximate surface area is 59.0 Å². The molecule has 0 spiro atoms.